The Balaban J connectivity index is 1.76. The van der Waals surface area contributed by atoms with E-state index in [1.165, 1.54) is 19.2 Å². The molecule has 0 fully saturated rings. The van der Waals surface area contributed by atoms with Gasteiger partial charge in [0.15, 0.2) is 0 Å². The number of amides is 1. The smallest absolute Gasteiger partial charge is 0.417 e. The van der Waals surface area contributed by atoms with E-state index < -0.39 is 29.3 Å². The zero-order chi connectivity index (χ0) is 18.7. The largest absolute Gasteiger partial charge is 0.458 e. The number of nitrogens with one attached hydrogen (secondary N) is 1. The normalized spacial score (nSPS) is 12.9. The van der Waals surface area contributed by atoms with E-state index in [0.29, 0.717) is 11.3 Å². The first kappa shape index (κ1) is 18.0. The molecule has 3 aromatic rings. The van der Waals surface area contributed by atoms with Crippen LogP contribution in [0.5, 0.6) is 0 Å². The van der Waals surface area contributed by atoms with Crippen LogP contribution in [0.2, 0.25) is 0 Å². The minimum Gasteiger partial charge on any atom is -0.458 e. The van der Waals surface area contributed by atoms with E-state index in [4.69, 9.17) is 9.15 Å². The number of ether oxygens (including phenoxy) is 1. The molecule has 1 amide bonds. The van der Waals surface area contributed by atoms with Gasteiger partial charge in [-0.2, -0.15) is 13.2 Å². The fourth-order valence-corrected chi connectivity index (χ4v) is 2.67. The molecule has 0 saturated heterocycles. The molecule has 136 valence electrons. The van der Waals surface area contributed by atoms with Crippen molar-refractivity contribution in [3.8, 4) is 0 Å². The number of furan rings is 1. The molecular weight excluding hydrogens is 347 g/mol. The summed E-state index contributed by atoms with van der Waals surface area (Å²) < 4.78 is 50.1. The van der Waals surface area contributed by atoms with Crippen LogP contribution in [0.15, 0.2) is 59.0 Å². The molecule has 2 aromatic carbocycles. The SMILES string of the molecule is COC(CNC(=O)c1ccccc1C(F)(F)F)c1cc2ccccc2o1. The van der Waals surface area contributed by atoms with Crippen molar-refractivity contribution in [3.63, 3.8) is 0 Å². The highest BCUT2D eigenvalue weighted by atomic mass is 19.4. The van der Waals surface area contributed by atoms with E-state index >= 15 is 0 Å². The van der Waals surface area contributed by atoms with Gasteiger partial charge in [-0.1, -0.05) is 30.3 Å². The number of methoxy groups -OCH3 is 1. The summed E-state index contributed by atoms with van der Waals surface area (Å²) in [5.41, 5.74) is -0.743. The summed E-state index contributed by atoms with van der Waals surface area (Å²) in [6.45, 7) is -0.0264. The van der Waals surface area contributed by atoms with Gasteiger partial charge in [-0.05, 0) is 24.3 Å². The Bertz CT molecular complexity index is 885. The Labute approximate surface area is 147 Å². The molecule has 3 rings (SSSR count). The summed E-state index contributed by atoms with van der Waals surface area (Å²) in [6, 6.07) is 13.8. The van der Waals surface area contributed by atoms with Crippen molar-refractivity contribution in [2.75, 3.05) is 13.7 Å². The lowest BCUT2D eigenvalue weighted by molar-refractivity contribution is -0.137. The molecule has 1 unspecified atom stereocenters. The minimum absolute atomic E-state index is 0.0264. The zero-order valence-electron chi connectivity index (χ0n) is 13.8. The number of rotatable bonds is 5. The molecular formula is C19H16F3NO3. The number of carbonyl (C=O) groups excluding carboxylic acids is 1. The zero-order valence-corrected chi connectivity index (χ0v) is 13.8. The molecule has 4 nitrogen and oxygen atoms in total. The first-order valence-corrected chi connectivity index (χ1v) is 7.86. The van der Waals surface area contributed by atoms with Gasteiger partial charge >= 0.3 is 6.18 Å². The number of benzene rings is 2. The van der Waals surface area contributed by atoms with Crippen LogP contribution in [0.1, 0.15) is 27.8 Å². The highest BCUT2D eigenvalue weighted by Crippen LogP contribution is 2.32. The van der Waals surface area contributed by atoms with Crippen LogP contribution in [0, 0.1) is 0 Å². The third-order valence-electron chi connectivity index (χ3n) is 3.97. The van der Waals surface area contributed by atoms with Crippen LogP contribution in [-0.2, 0) is 10.9 Å². The molecule has 26 heavy (non-hydrogen) atoms. The van der Waals surface area contributed by atoms with E-state index in [0.717, 1.165) is 17.5 Å². The van der Waals surface area contributed by atoms with Gasteiger partial charge in [0.2, 0.25) is 0 Å². The van der Waals surface area contributed by atoms with Crippen molar-refractivity contribution in [2.24, 2.45) is 0 Å². The van der Waals surface area contributed by atoms with Gasteiger partial charge in [0, 0.05) is 12.5 Å². The Morgan fingerprint density at radius 1 is 1.15 bits per heavy atom. The number of halogens is 3. The average molecular weight is 363 g/mol. The molecule has 1 heterocycles. The molecule has 0 aliphatic heterocycles. The fourth-order valence-electron chi connectivity index (χ4n) is 2.67. The van der Waals surface area contributed by atoms with E-state index in [1.807, 2.05) is 18.2 Å². The quantitative estimate of drug-likeness (QED) is 0.722. The number of hydrogen-bond donors (Lipinski definition) is 1. The predicted molar refractivity (Wildman–Crippen MR) is 89.7 cm³/mol. The predicted octanol–water partition coefficient (Wildman–Crippen LogP) is 4.57. The van der Waals surface area contributed by atoms with E-state index in [1.54, 1.807) is 12.1 Å². The molecule has 0 aliphatic carbocycles. The molecule has 1 aromatic heterocycles. The fraction of sp³-hybridized carbons (Fsp3) is 0.211. The average Bonchev–Trinajstić information content (AvgIpc) is 3.05. The van der Waals surface area contributed by atoms with Crippen LogP contribution < -0.4 is 5.32 Å². The minimum atomic E-state index is -4.60. The standard InChI is InChI=1S/C19H16F3NO3/c1-25-17(16-10-12-6-2-5-9-15(12)26-16)11-23-18(24)13-7-3-4-8-14(13)19(20,21)22/h2-10,17H,11H2,1H3,(H,23,24). The van der Waals surface area contributed by atoms with Crippen molar-refractivity contribution in [3.05, 3.63) is 71.5 Å². The maximum Gasteiger partial charge on any atom is 0.417 e. The lowest BCUT2D eigenvalue weighted by atomic mass is 10.1. The van der Waals surface area contributed by atoms with Gasteiger partial charge in [0.1, 0.15) is 17.4 Å². The molecule has 0 bridgehead atoms. The summed E-state index contributed by atoms with van der Waals surface area (Å²) in [5, 5.41) is 3.35. The van der Waals surface area contributed by atoms with Gasteiger partial charge in [0.25, 0.3) is 5.91 Å². The van der Waals surface area contributed by atoms with Gasteiger partial charge in [-0.15, -0.1) is 0 Å². The maximum absolute atomic E-state index is 13.0. The van der Waals surface area contributed by atoms with E-state index in [2.05, 4.69) is 5.32 Å². The molecule has 0 aliphatic rings. The summed E-state index contributed by atoms with van der Waals surface area (Å²) in [5.74, 6) is -0.339. The van der Waals surface area contributed by atoms with Crippen molar-refractivity contribution in [1.29, 1.82) is 0 Å². The number of fused-ring (bicyclic) bond motifs is 1. The Morgan fingerprint density at radius 3 is 2.54 bits per heavy atom. The Hall–Kier alpha value is -2.80. The topological polar surface area (TPSA) is 51.5 Å². The lowest BCUT2D eigenvalue weighted by Gasteiger charge is -2.16. The van der Waals surface area contributed by atoms with Crippen LogP contribution in [0.3, 0.4) is 0 Å². The highest BCUT2D eigenvalue weighted by molar-refractivity contribution is 5.95. The van der Waals surface area contributed by atoms with Gasteiger partial charge in [-0.3, -0.25) is 4.79 Å². The van der Waals surface area contributed by atoms with Crippen molar-refractivity contribution in [1.82, 2.24) is 5.32 Å². The third-order valence-corrected chi connectivity index (χ3v) is 3.97. The summed E-state index contributed by atoms with van der Waals surface area (Å²) in [6.07, 6.45) is -5.22. The summed E-state index contributed by atoms with van der Waals surface area (Å²) in [4.78, 5) is 12.2. The molecule has 0 radical (unpaired) electrons. The van der Waals surface area contributed by atoms with Crippen LogP contribution in [0.4, 0.5) is 13.2 Å². The van der Waals surface area contributed by atoms with Gasteiger partial charge < -0.3 is 14.5 Å². The number of para-hydroxylation sites is 1. The van der Waals surface area contributed by atoms with Crippen LogP contribution in [-0.4, -0.2) is 19.6 Å². The summed E-state index contributed by atoms with van der Waals surface area (Å²) in [7, 11) is 1.44. The second kappa shape index (κ2) is 7.21. The lowest BCUT2D eigenvalue weighted by Crippen LogP contribution is -2.30. The second-order valence-corrected chi connectivity index (χ2v) is 5.66. The molecule has 1 atom stereocenters. The molecule has 0 saturated carbocycles. The third kappa shape index (κ3) is 3.72. The second-order valence-electron chi connectivity index (χ2n) is 5.66. The molecule has 1 N–H and O–H groups in total. The number of hydrogen-bond acceptors (Lipinski definition) is 3. The van der Waals surface area contributed by atoms with Crippen LogP contribution in [0.25, 0.3) is 11.0 Å². The number of alkyl halides is 3. The van der Waals surface area contributed by atoms with Crippen molar-refractivity contribution >= 4 is 16.9 Å². The van der Waals surface area contributed by atoms with Crippen LogP contribution >= 0.6 is 0 Å². The van der Waals surface area contributed by atoms with Crippen molar-refractivity contribution in [2.45, 2.75) is 12.3 Å². The maximum atomic E-state index is 13.0. The highest BCUT2D eigenvalue weighted by Gasteiger charge is 2.34. The van der Waals surface area contributed by atoms with Gasteiger partial charge in [0.05, 0.1) is 17.7 Å². The Kier molecular flexibility index (Phi) is 4.99. The first-order chi connectivity index (χ1) is 12.4. The van der Waals surface area contributed by atoms with E-state index in [9.17, 15) is 18.0 Å². The monoisotopic (exact) mass is 363 g/mol. The number of carbonyl (C=O) groups is 1. The van der Waals surface area contributed by atoms with Gasteiger partial charge in [-0.25, -0.2) is 0 Å². The summed E-state index contributed by atoms with van der Waals surface area (Å²) >= 11 is 0. The Morgan fingerprint density at radius 2 is 1.85 bits per heavy atom. The first-order valence-electron chi connectivity index (χ1n) is 7.86. The van der Waals surface area contributed by atoms with E-state index in [-0.39, 0.29) is 6.54 Å². The molecule has 7 heteroatoms. The molecule has 0 spiro atoms. The van der Waals surface area contributed by atoms with Crippen molar-refractivity contribution < 1.29 is 27.1 Å².